The molecule has 0 saturated heterocycles. The molecule has 0 aromatic heterocycles. The van der Waals surface area contributed by atoms with Crippen LogP contribution >= 0.6 is 11.6 Å². The Morgan fingerprint density at radius 2 is 1.85 bits per heavy atom. The van der Waals surface area contributed by atoms with Crippen molar-refractivity contribution in [1.82, 2.24) is 10.2 Å². The van der Waals surface area contributed by atoms with E-state index in [9.17, 15) is 12.8 Å². The average molecular weight is 398 g/mol. The molecule has 0 unspecified atom stereocenters. The topological polar surface area (TPSA) is 61.8 Å². The lowest BCUT2D eigenvalue weighted by Gasteiger charge is -2.22. The molecule has 0 aliphatic carbocycles. The van der Waals surface area contributed by atoms with Crippen molar-refractivity contribution in [3.05, 3.63) is 64.9 Å². The number of hydrogen-bond donors (Lipinski definition) is 1. The van der Waals surface area contributed by atoms with Crippen LogP contribution in [0.25, 0.3) is 0 Å². The lowest BCUT2D eigenvalue weighted by Crippen LogP contribution is -2.40. The first-order valence-electron chi connectivity index (χ1n) is 7.97. The Morgan fingerprint density at radius 1 is 1.19 bits per heavy atom. The van der Waals surface area contributed by atoms with Gasteiger partial charge in [-0.3, -0.25) is 4.99 Å². The molecule has 26 heavy (non-hydrogen) atoms. The summed E-state index contributed by atoms with van der Waals surface area (Å²) in [4.78, 5) is 5.68. The van der Waals surface area contributed by atoms with E-state index in [4.69, 9.17) is 11.6 Å². The molecule has 140 valence electrons. The number of halogens is 2. The maximum Gasteiger partial charge on any atom is 0.193 e. The third-order valence-corrected chi connectivity index (χ3v) is 5.88. The van der Waals surface area contributed by atoms with Crippen LogP contribution in [0.4, 0.5) is 4.39 Å². The van der Waals surface area contributed by atoms with Crippen molar-refractivity contribution in [2.45, 2.75) is 11.4 Å². The van der Waals surface area contributed by atoms with Crippen molar-refractivity contribution >= 4 is 27.4 Å². The SMILES string of the molecule is CN=C(NCCS(=O)(=O)c1ccccc1F)N(C)Cc1ccccc1Cl. The van der Waals surface area contributed by atoms with E-state index in [0.717, 1.165) is 11.6 Å². The summed E-state index contributed by atoms with van der Waals surface area (Å²) in [5, 5.41) is 3.64. The van der Waals surface area contributed by atoms with Crippen LogP contribution in [0.15, 0.2) is 58.4 Å². The van der Waals surface area contributed by atoms with Crippen molar-refractivity contribution in [2.24, 2.45) is 4.99 Å². The minimum atomic E-state index is -3.72. The first-order chi connectivity index (χ1) is 12.3. The molecule has 0 amide bonds. The van der Waals surface area contributed by atoms with Gasteiger partial charge in [0, 0.05) is 32.2 Å². The minimum Gasteiger partial charge on any atom is -0.355 e. The van der Waals surface area contributed by atoms with Gasteiger partial charge in [0.2, 0.25) is 0 Å². The monoisotopic (exact) mass is 397 g/mol. The number of nitrogens with one attached hydrogen (secondary N) is 1. The molecule has 0 bridgehead atoms. The first kappa shape index (κ1) is 20.2. The second kappa shape index (κ2) is 9.00. The van der Waals surface area contributed by atoms with Gasteiger partial charge in [0.05, 0.1) is 5.75 Å². The molecule has 0 spiro atoms. The van der Waals surface area contributed by atoms with Gasteiger partial charge in [-0.15, -0.1) is 0 Å². The van der Waals surface area contributed by atoms with Crippen molar-refractivity contribution in [2.75, 3.05) is 26.4 Å². The zero-order valence-electron chi connectivity index (χ0n) is 14.6. The number of nitrogens with zero attached hydrogens (tertiary/aromatic N) is 2. The van der Waals surface area contributed by atoms with Gasteiger partial charge in [0.1, 0.15) is 10.7 Å². The van der Waals surface area contributed by atoms with Gasteiger partial charge >= 0.3 is 0 Å². The van der Waals surface area contributed by atoms with Crippen molar-refractivity contribution < 1.29 is 12.8 Å². The fourth-order valence-corrected chi connectivity index (χ4v) is 3.88. The smallest absolute Gasteiger partial charge is 0.193 e. The summed E-state index contributed by atoms with van der Waals surface area (Å²) >= 11 is 6.16. The van der Waals surface area contributed by atoms with Crippen LogP contribution < -0.4 is 5.32 Å². The number of rotatable bonds is 6. The number of aliphatic imine (C=N–C) groups is 1. The summed E-state index contributed by atoms with van der Waals surface area (Å²) in [6.45, 7) is 0.621. The Labute approximate surface area is 158 Å². The van der Waals surface area contributed by atoms with Crippen LogP contribution in [0.5, 0.6) is 0 Å². The van der Waals surface area contributed by atoms with Gasteiger partial charge < -0.3 is 10.2 Å². The molecule has 2 aromatic rings. The lowest BCUT2D eigenvalue weighted by molar-refractivity contribution is 0.478. The van der Waals surface area contributed by atoms with E-state index < -0.39 is 15.7 Å². The summed E-state index contributed by atoms with van der Waals surface area (Å²) in [5.74, 6) is -0.464. The minimum absolute atomic E-state index is 0.107. The van der Waals surface area contributed by atoms with E-state index in [1.54, 1.807) is 7.05 Å². The Bertz CT molecular complexity index is 888. The molecule has 0 aliphatic heterocycles. The Kier molecular flexibility index (Phi) is 6.99. The quantitative estimate of drug-likeness (QED) is 0.601. The molecule has 0 radical (unpaired) electrons. The Hall–Kier alpha value is -2.12. The highest BCUT2D eigenvalue weighted by molar-refractivity contribution is 7.91. The maximum absolute atomic E-state index is 13.7. The summed E-state index contributed by atoms with van der Waals surface area (Å²) in [6.07, 6.45) is 0. The second-order valence-corrected chi connectivity index (χ2v) is 8.16. The molecule has 0 heterocycles. The first-order valence-corrected chi connectivity index (χ1v) is 10.0. The van der Waals surface area contributed by atoms with Crippen LogP contribution in [-0.4, -0.2) is 45.7 Å². The van der Waals surface area contributed by atoms with E-state index in [1.807, 2.05) is 36.2 Å². The highest BCUT2D eigenvalue weighted by Crippen LogP contribution is 2.17. The van der Waals surface area contributed by atoms with E-state index in [2.05, 4.69) is 10.3 Å². The highest BCUT2D eigenvalue weighted by atomic mass is 35.5. The number of guanidine groups is 1. The molecule has 8 heteroatoms. The second-order valence-electron chi connectivity index (χ2n) is 5.67. The van der Waals surface area contributed by atoms with Crippen molar-refractivity contribution in [3.63, 3.8) is 0 Å². The van der Waals surface area contributed by atoms with Crippen LogP contribution in [0.3, 0.4) is 0 Å². The molecule has 5 nitrogen and oxygen atoms in total. The molecule has 2 rings (SSSR count). The standard InChI is InChI=1S/C18H21ClFN3O2S/c1-21-18(23(2)13-14-7-3-4-8-15(14)19)22-11-12-26(24,25)17-10-6-5-9-16(17)20/h3-10H,11-13H2,1-2H3,(H,21,22). The number of sulfone groups is 1. The van der Waals surface area contributed by atoms with Gasteiger partial charge in [-0.05, 0) is 23.8 Å². The average Bonchev–Trinajstić information content (AvgIpc) is 2.61. The Morgan fingerprint density at radius 3 is 2.50 bits per heavy atom. The third kappa shape index (κ3) is 5.19. The number of benzene rings is 2. The van der Waals surface area contributed by atoms with E-state index in [-0.39, 0.29) is 17.2 Å². The fourth-order valence-electron chi connectivity index (χ4n) is 2.45. The van der Waals surface area contributed by atoms with E-state index in [1.165, 1.54) is 18.2 Å². The van der Waals surface area contributed by atoms with Gasteiger partial charge in [0.15, 0.2) is 15.8 Å². The molecule has 2 aromatic carbocycles. The molecule has 0 aliphatic rings. The predicted octanol–water partition coefficient (Wildman–Crippen LogP) is 2.96. The zero-order chi connectivity index (χ0) is 19.2. The lowest BCUT2D eigenvalue weighted by atomic mass is 10.2. The summed E-state index contributed by atoms with van der Waals surface area (Å²) < 4.78 is 38.3. The summed E-state index contributed by atoms with van der Waals surface area (Å²) in [5.41, 5.74) is 0.929. The zero-order valence-corrected chi connectivity index (χ0v) is 16.2. The highest BCUT2D eigenvalue weighted by Gasteiger charge is 2.19. The fraction of sp³-hybridized carbons (Fsp3) is 0.278. The molecule has 1 N–H and O–H groups in total. The van der Waals surface area contributed by atoms with Gasteiger partial charge in [-0.2, -0.15) is 0 Å². The molecule has 0 saturated carbocycles. The predicted molar refractivity (Wildman–Crippen MR) is 103 cm³/mol. The van der Waals surface area contributed by atoms with Crippen LogP contribution in [0, 0.1) is 5.82 Å². The molecular formula is C18H21ClFN3O2S. The molecular weight excluding hydrogens is 377 g/mol. The van der Waals surface area contributed by atoms with Crippen LogP contribution in [-0.2, 0) is 16.4 Å². The molecule has 0 fully saturated rings. The number of hydrogen-bond acceptors (Lipinski definition) is 3. The van der Waals surface area contributed by atoms with Crippen molar-refractivity contribution in [3.8, 4) is 0 Å². The summed E-state index contributed by atoms with van der Waals surface area (Å²) in [7, 11) is -0.287. The van der Waals surface area contributed by atoms with Gasteiger partial charge in [-0.1, -0.05) is 41.9 Å². The van der Waals surface area contributed by atoms with Crippen LogP contribution in [0.2, 0.25) is 5.02 Å². The molecule has 0 atom stereocenters. The van der Waals surface area contributed by atoms with Gasteiger partial charge in [-0.25, -0.2) is 12.8 Å². The van der Waals surface area contributed by atoms with Crippen molar-refractivity contribution in [1.29, 1.82) is 0 Å². The van der Waals surface area contributed by atoms with Crippen LogP contribution in [0.1, 0.15) is 5.56 Å². The van der Waals surface area contributed by atoms with Gasteiger partial charge in [0.25, 0.3) is 0 Å². The largest absolute Gasteiger partial charge is 0.355 e. The Balaban J connectivity index is 1.97. The van der Waals surface area contributed by atoms with E-state index >= 15 is 0 Å². The van der Waals surface area contributed by atoms with E-state index in [0.29, 0.717) is 17.5 Å². The summed E-state index contributed by atoms with van der Waals surface area (Å²) in [6, 6.07) is 12.8. The third-order valence-electron chi connectivity index (χ3n) is 3.76. The maximum atomic E-state index is 13.7. The normalized spacial score (nSPS) is 12.1.